The molecule has 1 heterocycles. The average molecular weight is 398 g/mol. The zero-order valence-electron chi connectivity index (χ0n) is 14.0. The topological polar surface area (TPSA) is 70.7 Å². The van der Waals surface area contributed by atoms with E-state index in [1.807, 2.05) is 31.2 Å². The van der Waals surface area contributed by atoms with Gasteiger partial charge >= 0.3 is 0 Å². The Morgan fingerprint density at radius 1 is 1.42 bits per heavy atom. The average Bonchev–Trinajstić information content (AvgIpc) is 2.57. The second kappa shape index (κ2) is 9.15. The molecular formula is C17H24BrN3O3. The van der Waals surface area contributed by atoms with Gasteiger partial charge in [-0.2, -0.15) is 0 Å². The zero-order valence-corrected chi connectivity index (χ0v) is 15.6. The van der Waals surface area contributed by atoms with Gasteiger partial charge in [-0.1, -0.05) is 34.1 Å². The van der Waals surface area contributed by atoms with Gasteiger partial charge < -0.3 is 20.3 Å². The summed E-state index contributed by atoms with van der Waals surface area (Å²) in [5.41, 5.74) is 1.05. The number of carbonyl (C=O) groups is 2. The largest absolute Gasteiger partial charge is 0.375 e. The van der Waals surface area contributed by atoms with Crippen LogP contribution in [0, 0.1) is 0 Å². The summed E-state index contributed by atoms with van der Waals surface area (Å²) in [6.45, 7) is 4.00. The summed E-state index contributed by atoms with van der Waals surface area (Å²) in [5.74, 6) is -0.129. The van der Waals surface area contributed by atoms with Crippen molar-refractivity contribution in [2.75, 3.05) is 26.7 Å². The number of benzene rings is 1. The van der Waals surface area contributed by atoms with E-state index in [0.717, 1.165) is 10.0 Å². The minimum Gasteiger partial charge on any atom is -0.375 e. The van der Waals surface area contributed by atoms with Gasteiger partial charge in [0.1, 0.15) is 6.04 Å². The third-order valence-electron chi connectivity index (χ3n) is 4.03. The Labute approximate surface area is 151 Å². The van der Waals surface area contributed by atoms with Crippen LogP contribution in [0.5, 0.6) is 0 Å². The number of halogens is 1. The summed E-state index contributed by atoms with van der Waals surface area (Å²) in [7, 11) is 1.77. The Balaban J connectivity index is 1.74. The maximum Gasteiger partial charge on any atom is 0.239 e. The normalized spacial score (nSPS) is 20.5. The van der Waals surface area contributed by atoms with Gasteiger partial charge in [-0.3, -0.25) is 9.59 Å². The Kier molecular flexibility index (Phi) is 7.20. The van der Waals surface area contributed by atoms with Gasteiger partial charge in [0, 0.05) is 37.6 Å². The molecule has 1 fully saturated rings. The maximum atomic E-state index is 12.2. The van der Waals surface area contributed by atoms with E-state index in [2.05, 4.69) is 26.6 Å². The number of carbonyl (C=O) groups excluding carboxylic acids is 2. The standard InChI is InChI=1S/C17H24BrN3O3/c1-12-16(19-9-10-24-12)17(23)20-8-7-15(22)21(2)11-13-5-3-4-6-14(13)18/h3-6,12,16,19H,7-11H2,1-2H3,(H,20,23)/t12-,16+/m1/s1. The second-order valence-electron chi connectivity index (χ2n) is 5.89. The molecule has 0 spiro atoms. The van der Waals surface area contributed by atoms with Crippen LogP contribution in [0.1, 0.15) is 18.9 Å². The van der Waals surface area contributed by atoms with Gasteiger partial charge in [-0.05, 0) is 18.6 Å². The van der Waals surface area contributed by atoms with E-state index in [-0.39, 0.29) is 30.4 Å². The molecule has 2 rings (SSSR count). The van der Waals surface area contributed by atoms with Gasteiger partial charge in [0.15, 0.2) is 0 Å². The minimum absolute atomic E-state index is 0.00745. The first-order valence-corrected chi connectivity index (χ1v) is 8.88. The van der Waals surface area contributed by atoms with Crippen LogP contribution in [0.3, 0.4) is 0 Å². The lowest BCUT2D eigenvalue weighted by molar-refractivity contribution is -0.131. The SMILES string of the molecule is C[C@H]1OCCN[C@@H]1C(=O)NCCC(=O)N(C)Cc1ccccc1Br. The molecule has 1 aliphatic heterocycles. The quantitative estimate of drug-likeness (QED) is 0.758. The Morgan fingerprint density at radius 3 is 2.88 bits per heavy atom. The smallest absolute Gasteiger partial charge is 0.239 e. The van der Waals surface area contributed by atoms with Crippen LogP contribution < -0.4 is 10.6 Å². The molecular weight excluding hydrogens is 374 g/mol. The summed E-state index contributed by atoms with van der Waals surface area (Å²) in [4.78, 5) is 26.0. The van der Waals surface area contributed by atoms with Crippen molar-refractivity contribution in [1.82, 2.24) is 15.5 Å². The summed E-state index contributed by atoms with van der Waals surface area (Å²) >= 11 is 3.48. The van der Waals surface area contributed by atoms with E-state index in [1.54, 1.807) is 11.9 Å². The van der Waals surface area contributed by atoms with E-state index >= 15 is 0 Å². The van der Waals surface area contributed by atoms with Crippen LogP contribution in [0.25, 0.3) is 0 Å². The summed E-state index contributed by atoms with van der Waals surface area (Å²) < 4.78 is 6.43. The monoisotopic (exact) mass is 397 g/mol. The van der Waals surface area contributed by atoms with Crippen LogP contribution in [0.15, 0.2) is 28.7 Å². The third kappa shape index (κ3) is 5.29. The molecule has 1 aromatic rings. The highest BCUT2D eigenvalue weighted by atomic mass is 79.9. The highest BCUT2D eigenvalue weighted by Crippen LogP contribution is 2.17. The van der Waals surface area contributed by atoms with Crippen molar-refractivity contribution in [2.24, 2.45) is 0 Å². The van der Waals surface area contributed by atoms with Gasteiger partial charge in [0.2, 0.25) is 11.8 Å². The number of nitrogens with zero attached hydrogens (tertiary/aromatic N) is 1. The van der Waals surface area contributed by atoms with Crippen molar-refractivity contribution in [3.05, 3.63) is 34.3 Å². The van der Waals surface area contributed by atoms with E-state index in [9.17, 15) is 9.59 Å². The molecule has 6 nitrogen and oxygen atoms in total. The Morgan fingerprint density at radius 2 is 2.17 bits per heavy atom. The second-order valence-corrected chi connectivity index (χ2v) is 6.74. The van der Waals surface area contributed by atoms with Crippen molar-refractivity contribution in [3.63, 3.8) is 0 Å². The number of hydrogen-bond acceptors (Lipinski definition) is 4. The predicted octanol–water partition coefficient (Wildman–Crippen LogP) is 1.29. The summed E-state index contributed by atoms with van der Waals surface area (Å²) in [6.07, 6.45) is 0.113. The minimum atomic E-state index is -0.355. The molecule has 0 aromatic heterocycles. The van der Waals surface area contributed by atoms with E-state index in [4.69, 9.17) is 4.74 Å². The Hall–Kier alpha value is -1.44. The number of nitrogens with one attached hydrogen (secondary N) is 2. The third-order valence-corrected chi connectivity index (χ3v) is 4.80. The van der Waals surface area contributed by atoms with E-state index in [0.29, 0.717) is 26.2 Å². The first kappa shape index (κ1) is 18.9. The molecule has 1 aliphatic rings. The molecule has 0 aliphatic carbocycles. The lowest BCUT2D eigenvalue weighted by Gasteiger charge is -2.29. The first-order chi connectivity index (χ1) is 11.5. The number of ether oxygens (including phenoxy) is 1. The van der Waals surface area contributed by atoms with Crippen molar-refractivity contribution < 1.29 is 14.3 Å². The number of hydrogen-bond donors (Lipinski definition) is 2. The molecule has 1 saturated heterocycles. The molecule has 2 atom stereocenters. The van der Waals surface area contributed by atoms with Crippen LogP contribution in [0.4, 0.5) is 0 Å². The van der Waals surface area contributed by atoms with Gasteiger partial charge in [-0.25, -0.2) is 0 Å². The summed E-state index contributed by atoms with van der Waals surface area (Å²) in [5, 5.41) is 5.94. The molecule has 0 radical (unpaired) electrons. The molecule has 0 saturated carbocycles. The van der Waals surface area contributed by atoms with Crippen LogP contribution in [-0.4, -0.2) is 55.6 Å². The predicted molar refractivity (Wildman–Crippen MR) is 95.4 cm³/mol. The number of amides is 2. The molecule has 1 aromatic carbocycles. The molecule has 132 valence electrons. The molecule has 0 bridgehead atoms. The number of morpholine rings is 1. The van der Waals surface area contributed by atoms with Crippen molar-refractivity contribution >= 4 is 27.7 Å². The highest BCUT2D eigenvalue weighted by molar-refractivity contribution is 9.10. The number of rotatable bonds is 6. The fraction of sp³-hybridized carbons (Fsp3) is 0.529. The van der Waals surface area contributed by atoms with E-state index < -0.39 is 0 Å². The van der Waals surface area contributed by atoms with Crippen molar-refractivity contribution in [2.45, 2.75) is 32.0 Å². The lowest BCUT2D eigenvalue weighted by atomic mass is 10.1. The fourth-order valence-electron chi connectivity index (χ4n) is 2.59. The molecule has 2 amide bonds. The maximum absolute atomic E-state index is 12.2. The molecule has 0 unspecified atom stereocenters. The first-order valence-electron chi connectivity index (χ1n) is 8.09. The van der Waals surface area contributed by atoms with Crippen molar-refractivity contribution in [3.8, 4) is 0 Å². The fourth-order valence-corrected chi connectivity index (χ4v) is 3.00. The molecule has 24 heavy (non-hydrogen) atoms. The Bertz CT molecular complexity index is 582. The van der Waals surface area contributed by atoms with Gasteiger partial charge in [0.05, 0.1) is 12.7 Å². The van der Waals surface area contributed by atoms with Crippen LogP contribution in [0.2, 0.25) is 0 Å². The lowest BCUT2D eigenvalue weighted by Crippen LogP contribution is -2.55. The zero-order chi connectivity index (χ0) is 17.5. The molecule has 7 heteroatoms. The van der Waals surface area contributed by atoms with Crippen LogP contribution in [-0.2, 0) is 20.9 Å². The molecule has 2 N–H and O–H groups in total. The van der Waals surface area contributed by atoms with Crippen LogP contribution >= 0.6 is 15.9 Å². The van der Waals surface area contributed by atoms with E-state index in [1.165, 1.54) is 0 Å². The van der Waals surface area contributed by atoms with Gasteiger partial charge in [-0.15, -0.1) is 0 Å². The summed E-state index contributed by atoms with van der Waals surface area (Å²) in [6, 6.07) is 7.46. The highest BCUT2D eigenvalue weighted by Gasteiger charge is 2.28. The van der Waals surface area contributed by atoms with Crippen molar-refractivity contribution in [1.29, 1.82) is 0 Å². The van der Waals surface area contributed by atoms with Gasteiger partial charge in [0.25, 0.3) is 0 Å².